The molecule has 1 N–H and O–H groups in total. The van der Waals surface area contributed by atoms with E-state index in [4.69, 9.17) is 0 Å². The fourth-order valence-electron chi connectivity index (χ4n) is 5.40. The molecule has 4 nitrogen and oxygen atoms in total. The van der Waals surface area contributed by atoms with Crippen LogP contribution in [0.3, 0.4) is 0 Å². The predicted molar refractivity (Wildman–Crippen MR) is 111 cm³/mol. The standard InChI is InChI=1S/C24H34N2O2/c27-23(25-18-12-6-2-1-3-7-13-18)22-20-16-10-11-17-21(20)24(28)26(22)19-14-8-4-5-9-15-19/h10-11,16-19,22H,1-9,12-15H2,(H,25,27)/t22-/m0/s1. The van der Waals surface area contributed by atoms with Gasteiger partial charge in [0.25, 0.3) is 5.91 Å². The summed E-state index contributed by atoms with van der Waals surface area (Å²) in [6.07, 6.45) is 15.2. The van der Waals surface area contributed by atoms with Crippen LogP contribution in [0.2, 0.25) is 0 Å². The summed E-state index contributed by atoms with van der Waals surface area (Å²) in [5, 5.41) is 3.34. The number of hydrogen-bond acceptors (Lipinski definition) is 2. The minimum Gasteiger partial charge on any atom is -0.351 e. The molecule has 0 radical (unpaired) electrons. The summed E-state index contributed by atoms with van der Waals surface area (Å²) >= 11 is 0. The quantitative estimate of drug-likeness (QED) is 0.736. The highest BCUT2D eigenvalue weighted by Gasteiger charge is 2.44. The van der Waals surface area contributed by atoms with Gasteiger partial charge in [-0.3, -0.25) is 9.59 Å². The molecule has 4 heteroatoms. The normalized spacial score (nSPS) is 24.9. The van der Waals surface area contributed by atoms with Gasteiger partial charge >= 0.3 is 0 Å². The van der Waals surface area contributed by atoms with E-state index in [1.165, 1.54) is 44.9 Å². The van der Waals surface area contributed by atoms with Crippen molar-refractivity contribution in [1.29, 1.82) is 0 Å². The summed E-state index contributed by atoms with van der Waals surface area (Å²) in [6.45, 7) is 0. The lowest BCUT2D eigenvalue weighted by Gasteiger charge is -2.33. The average molecular weight is 383 g/mol. The second-order valence-electron chi connectivity index (χ2n) is 8.90. The van der Waals surface area contributed by atoms with E-state index in [1.807, 2.05) is 29.2 Å². The highest BCUT2D eigenvalue weighted by molar-refractivity contribution is 6.04. The number of rotatable bonds is 3. The van der Waals surface area contributed by atoms with Gasteiger partial charge in [-0.1, -0.05) is 76.0 Å². The molecule has 152 valence electrons. The fourth-order valence-corrected chi connectivity index (χ4v) is 5.40. The van der Waals surface area contributed by atoms with Crippen molar-refractivity contribution in [2.24, 2.45) is 0 Å². The van der Waals surface area contributed by atoms with E-state index >= 15 is 0 Å². The Balaban J connectivity index is 1.57. The molecule has 2 fully saturated rings. The van der Waals surface area contributed by atoms with Gasteiger partial charge in [-0.15, -0.1) is 0 Å². The second-order valence-corrected chi connectivity index (χ2v) is 8.90. The number of hydrogen-bond donors (Lipinski definition) is 1. The molecule has 1 aliphatic heterocycles. The first kappa shape index (κ1) is 19.5. The van der Waals surface area contributed by atoms with Crippen LogP contribution in [-0.2, 0) is 4.79 Å². The van der Waals surface area contributed by atoms with Crippen LogP contribution in [0.15, 0.2) is 24.3 Å². The van der Waals surface area contributed by atoms with Gasteiger partial charge in [0, 0.05) is 17.6 Å². The van der Waals surface area contributed by atoms with Crippen LogP contribution in [0.25, 0.3) is 0 Å². The Morgan fingerprint density at radius 3 is 2.07 bits per heavy atom. The van der Waals surface area contributed by atoms with Crippen molar-refractivity contribution in [3.63, 3.8) is 0 Å². The summed E-state index contributed by atoms with van der Waals surface area (Å²) in [6, 6.07) is 7.74. The first-order chi connectivity index (χ1) is 13.8. The van der Waals surface area contributed by atoms with E-state index < -0.39 is 6.04 Å². The zero-order valence-electron chi connectivity index (χ0n) is 17.0. The summed E-state index contributed by atoms with van der Waals surface area (Å²) < 4.78 is 0. The Labute approximate surface area is 169 Å². The van der Waals surface area contributed by atoms with E-state index in [9.17, 15) is 9.59 Å². The van der Waals surface area contributed by atoms with E-state index in [1.54, 1.807) is 0 Å². The molecule has 0 aromatic heterocycles. The number of carbonyl (C=O) groups excluding carboxylic acids is 2. The van der Waals surface area contributed by atoms with Crippen molar-refractivity contribution in [3.8, 4) is 0 Å². The molecule has 0 saturated heterocycles. The molecular weight excluding hydrogens is 348 g/mol. The molecule has 2 amide bonds. The Bertz CT molecular complexity index is 686. The molecule has 28 heavy (non-hydrogen) atoms. The average Bonchev–Trinajstić information content (AvgIpc) is 2.84. The zero-order valence-corrected chi connectivity index (χ0v) is 17.0. The lowest BCUT2D eigenvalue weighted by atomic mass is 9.96. The smallest absolute Gasteiger partial charge is 0.255 e. The molecule has 1 heterocycles. The lowest BCUT2D eigenvalue weighted by molar-refractivity contribution is -0.127. The summed E-state index contributed by atoms with van der Waals surface area (Å²) in [7, 11) is 0. The third-order valence-corrected chi connectivity index (χ3v) is 6.92. The molecule has 2 aliphatic carbocycles. The number of benzene rings is 1. The maximum atomic E-state index is 13.5. The molecule has 0 spiro atoms. The second kappa shape index (κ2) is 9.11. The van der Waals surface area contributed by atoms with Gasteiger partial charge in [0.1, 0.15) is 6.04 Å². The number of nitrogens with zero attached hydrogens (tertiary/aromatic N) is 1. The number of nitrogens with one attached hydrogen (secondary N) is 1. The van der Waals surface area contributed by atoms with Crippen molar-refractivity contribution in [1.82, 2.24) is 10.2 Å². The molecular formula is C24H34N2O2. The Kier molecular flexibility index (Phi) is 6.33. The Morgan fingerprint density at radius 2 is 1.39 bits per heavy atom. The molecule has 1 atom stereocenters. The minimum atomic E-state index is -0.447. The number of carbonyl (C=O) groups is 2. The maximum absolute atomic E-state index is 13.5. The third-order valence-electron chi connectivity index (χ3n) is 6.92. The molecule has 0 unspecified atom stereocenters. The van der Waals surface area contributed by atoms with Gasteiger partial charge in [0.2, 0.25) is 5.91 Å². The van der Waals surface area contributed by atoms with Gasteiger partial charge in [-0.25, -0.2) is 0 Å². The molecule has 1 aromatic carbocycles. The van der Waals surface area contributed by atoms with Crippen LogP contribution in [-0.4, -0.2) is 28.8 Å². The van der Waals surface area contributed by atoms with Crippen LogP contribution in [0.4, 0.5) is 0 Å². The first-order valence-corrected chi connectivity index (χ1v) is 11.5. The van der Waals surface area contributed by atoms with Crippen molar-refractivity contribution < 1.29 is 9.59 Å². The molecule has 1 aromatic rings. The highest BCUT2D eigenvalue weighted by atomic mass is 16.2. The zero-order chi connectivity index (χ0) is 19.3. The molecule has 3 aliphatic rings. The van der Waals surface area contributed by atoms with Gasteiger partial charge in [-0.05, 0) is 37.3 Å². The van der Waals surface area contributed by atoms with Gasteiger partial charge in [0.15, 0.2) is 0 Å². The van der Waals surface area contributed by atoms with E-state index in [0.717, 1.165) is 49.7 Å². The number of amides is 2. The van der Waals surface area contributed by atoms with E-state index in [0.29, 0.717) is 0 Å². The maximum Gasteiger partial charge on any atom is 0.255 e. The van der Waals surface area contributed by atoms with Crippen molar-refractivity contribution in [2.45, 2.75) is 102 Å². The monoisotopic (exact) mass is 382 g/mol. The Hall–Kier alpha value is -1.84. The SMILES string of the molecule is O=C(NC1CCCCCCC1)[C@@H]1c2ccccc2C(=O)N1C1CCCCCC1. The number of fused-ring (bicyclic) bond motifs is 1. The van der Waals surface area contributed by atoms with Crippen LogP contribution in [0.1, 0.15) is 105 Å². The first-order valence-electron chi connectivity index (χ1n) is 11.5. The van der Waals surface area contributed by atoms with Crippen LogP contribution < -0.4 is 5.32 Å². The van der Waals surface area contributed by atoms with E-state index in [2.05, 4.69) is 5.32 Å². The molecule has 0 bridgehead atoms. The summed E-state index contributed by atoms with van der Waals surface area (Å²) in [5.41, 5.74) is 1.63. The van der Waals surface area contributed by atoms with Crippen LogP contribution in [0.5, 0.6) is 0 Å². The highest BCUT2D eigenvalue weighted by Crippen LogP contribution is 2.38. The molecule has 2 saturated carbocycles. The van der Waals surface area contributed by atoms with Crippen molar-refractivity contribution in [2.75, 3.05) is 0 Å². The lowest BCUT2D eigenvalue weighted by Crippen LogP contribution is -2.47. The third kappa shape index (κ3) is 4.11. The summed E-state index contributed by atoms with van der Waals surface area (Å²) in [5.74, 6) is 0.0911. The fraction of sp³-hybridized carbons (Fsp3) is 0.667. The topological polar surface area (TPSA) is 49.4 Å². The molecule has 4 rings (SSSR count). The van der Waals surface area contributed by atoms with Gasteiger partial charge in [0.05, 0.1) is 0 Å². The predicted octanol–water partition coefficient (Wildman–Crippen LogP) is 5.14. The van der Waals surface area contributed by atoms with E-state index in [-0.39, 0.29) is 23.9 Å². The van der Waals surface area contributed by atoms with Crippen molar-refractivity contribution in [3.05, 3.63) is 35.4 Å². The summed E-state index contributed by atoms with van der Waals surface area (Å²) in [4.78, 5) is 28.7. The Morgan fingerprint density at radius 1 is 0.821 bits per heavy atom. The largest absolute Gasteiger partial charge is 0.351 e. The van der Waals surface area contributed by atoms with Gasteiger partial charge in [-0.2, -0.15) is 0 Å². The van der Waals surface area contributed by atoms with Crippen LogP contribution >= 0.6 is 0 Å². The van der Waals surface area contributed by atoms with Gasteiger partial charge < -0.3 is 10.2 Å². The van der Waals surface area contributed by atoms with Crippen molar-refractivity contribution >= 4 is 11.8 Å². The van der Waals surface area contributed by atoms with Crippen LogP contribution in [0, 0.1) is 0 Å². The minimum absolute atomic E-state index is 0.0353.